The molecule has 0 aliphatic carbocycles. The minimum Gasteiger partial charge on any atom is -0.341 e. The van der Waals surface area contributed by atoms with Crippen LogP contribution in [-0.4, -0.2) is 23.9 Å². The summed E-state index contributed by atoms with van der Waals surface area (Å²) in [6.07, 6.45) is 3.38. The molecule has 0 spiro atoms. The summed E-state index contributed by atoms with van der Waals surface area (Å²) >= 11 is 0. The van der Waals surface area contributed by atoms with Crippen LogP contribution in [0.4, 0.5) is 0 Å². The van der Waals surface area contributed by atoms with Gasteiger partial charge in [-0.15, -0.1) is 0 Å². The van der Waals surface area contributed by atoms with E-state index in [1.54, 1.807) is 0 Å². The summed E-state index contributed by atoms with van der Waals surface area (Å²) < 4.78 is 0. The summed E-state index contributed by atoms with van der Waals surface area (Å²) in [5.41, 5.74) is 0.325. The molecule has 1 fully saturated rings. The first-order valence-corrected chi connectivity index (χ1v) is 5.32. The van der Waals surface area contributed by atoms with Gasteiger partial charge in [0, 0.05) is 13.1 Å². The third-order valence-corrected chi connectivity index (χ3v) is 3.52. The van der Waals surface area contributed by atoms with Crippen molar-refractivity contribution in [3.05, 3.63) is 0 Å². The van der Waals surface area contributed by atoms with Crippen molar-refractivity contribution in [2.45, 2.75) is 39.5 Å². The lowest BCUT2D eigenvalue weighted by Gasteiger charge is -2.26. The van der Waals surface area contributed by atoms with E-state index in [0.717, 1.165) is 32.4 Å². The number of nitrogens with zero attached hydrogens (tertiary/aromatic N) is 2. The van der Waals surface area contributed by atoms with Crippen LogP contribution in [0.5, 0.6) is 0 Å². The summed E-state index contributed by atoms with van der Waals surface area (Å²) in [5.74, 6) is -0.00345. The van der Waals surface area contributed by atoms with Crippen LogP contribution in [0.2, 0.25) is 0 Å². The average Bonchev–Trinajstić information content (AvgIpc) is 2.63. The summed E-state index contributed by atoms with van der Waals surface area (Å²) in [6, 6.07) is 1.92. The Bertz CT molecular complexity index is 251. The highest BCUT2D eigenvalue weighted by molar-refractivity contribution is 5.78. The monoisotopic (exact) mass is 194 g/mol. The molecule has 0 N–H and O–H groups in total. The summed E-state index contributed by atoms with van der Waals surface area (Å²) in [7, 11) is 0. The van der Waals surface area contributed by atoms with Crippen LogP contribution in [0.3, 0.4) is 0 Å². The molecule has 0 atom stereocenters. The maximum atomic E-state index is 11.5. The molecule has 1 saturated heterocycles. The number of rotatable bonds is 3. The Hall–Kier alpha value is -1.04. The van der Waals surface area contributed by atoms with Crippen LogP contribution >= 0.6 is 0 Å². The van der Waals surface area contributed by atoms with Gasteiger partial charge in [-0.2, -0.15) is 5.26 Å². The minimum atomic E-state index is -0.00345. The molecule has 1 rings (SSSR count). The Kier molecular flexibility index (Phi) is 3.51. The van der Waals surface area contributed by atoms with Gasteiger partial charge >= 0.3 is 0 Å². The number of nitriles is 1. The number of hydrogen-bond acceptors (Lipinski definition) is 2. The van der Waals surface area contributed by atoms with E-state index in [1.807, 2.05) is 11.0 Å². The van der Waals surface area contributed by atoms with E-state index in [1.165, 1.54) is 0 Å². The number of likely N-dealkylation sites (tertiary alicyclic amines) is 1. The van der Waals surface area contributed by atoms with E-state index >= 15 is 0 Å². The quantitative estimate of drug-likeness (QED) is 0.689. The standard InChI is InChI=1S/C11H18N2O/c1-3-11(4-2)6-8-13(9-11)10(14)5-7-12/h3-6,8-9H2,1-2H3. The molecule has 1 aliphatic heterocycles. The third-order valence-electron chi connectivity index (χ3n) is 3.52. The van der Waals surface area contributed by atoms with Crippen molar-refractivity contribution in [3.8, 4) is 6.07 Å². The Morgan fingerprint density at radius 3 is 2.57 bits per heavy atom. The van der Waals surface area contributed by atoms with Crippen molar-refractivity contribution >= 4 is 5.91 Å². The van der Waals surface area contributed by atoms with E-state index in [9.17, 15) is 4.79 Å². The maximum Gasteiger partial charge on any atom is 0.236 e. The molecule has 0 radical (unpaired) electrons. The third kappa shape index (κ3) is 2.06. The number of carbonyl (C=O) groups excluding carboxylic acids is 1. The van der Waals surface area contributed by atoms with Gasteiger partial charge in [0.2, 0.25) is 5.91 Å². The molecule has 1 heterocycles. The Balaban J connectivity index is 2.56. The molecule has 78 valence electrons. The lowest BCUT2D eigenvalue weighted by Crippen LogP contribution is -2.31. The van der Waals surface area contributed by atoms with Crippen LogP contribution in [0, 0.1) is 16.7 Å². The zero-order valence-corrected chi connectivity index (χ0v) is 9.05. The maximum absolute atomic E-state index is 11.5. The second-order valence-corrected chi connectivity index (χ2v) is 4.11. The molecule has 1 amide bonds. The van der Waals surface area contributed by atoms with Crippen molar-refractivity contribution in [3.63, 3.8) is 0 Å². The van der Waals surface area contributed by atoms with Crippen molar-refractivity contribution in [2.75, 3.05) is 13.1 Å². The zero-order valence-electron chi connectivity index (χ0n) is 9.05. The largest absolute Gasteiger partial charge is 0.341 e. The predicted octanol–water partition coefficient (Wildman–Crippen LogP) is 1.94. The van der Waals surface area contributed by atoms with Crippen LogP contribution in [0.15, 0.2) is 0 Å². The van der Waals surface area contributed by atoms with Crippen LogP contribution in [-0.2, 0) is 4.79 Å². The highest BCUT2D eigenvalue weighted by Crippen LogP contribution is 2.36. The van der Waals surface area contributed by atoms with E-state index in [4.69, 9.17) is 5.26 Å². The Labute approximate surface area is 85.7 Å². The molecular weight excluding hydrogens is 176 g/mol. The van der Waals surface area contributed by atoms with Gasteiger partial charge in [0.25, 0.3) is 0 Å². The molecule has 0 aromatic heterocycles. The first kappa shape index (κ1) is 11.0. The van der Waals surface area contributed by atoms with Crippen LogP contribution < -0.4 is 0 Å². The molecular formula is C11H18N2O. The highest BCUT2D eigenvalue weighted by atomic mass is 16.2. The lowest BCUT2D eigenvalue weighted by atomic mass is 9.82. The predicted molar refractivity (Wildman–Crippen MR) is 54.4 cm³/mol. The molecule has 0 aromatic rings. The smallest absolute Gasteiger partial charge is 0.236 e. The van der Waals surface area contributed by atoms with Gasteiger partial charge < -0.3 is 4.90 Å². The first-order valence-electron chi connectivity index (χ1n) is 5.32. The van der Waals surface area contributed by atoms with Crippen LogP contribution in [0.1, 0.15) is 39.5 Å². The molecule has 14 heavy (non-hydrogen) atoms. The molecule has 0 unspecified atom stereocenters. The van der Waals surface area contributed by atoms with E-state index in [0.29, 0.717) is 5.41 Å². The zero-order chi connectivity index (χ0) is 10.6. The molecule has 0 saturated carbocycles. The highest BCUT2D eigenvalue weighted by Gasteiger charge is 2.36. The molecule has 0 aromatic carbocycles. The summed E-state index contributed by atoms with van der Waals surface area (Å²) in [6.45, 7) is 6.05. The topological polar surface area (TPSA) is 44.1 Å². The van der Waals surface area contributed by atoms with Crippen molar-refractivity contribution < 1.29 is 4.79 Å². The molecule has 3 heteroatoms. The van der Waals surface area contributed by atoms with Gasteiger partial charge in [-0.25, -0.2) is 0 Å². The molecule has 3 nitrogen and oxygen atoms in total. The fourth-order valence-electron chi connectivity index (χ4n) is 2.15. The normalized spacial score (nSPS) is 19.4. The number of hydrogen-bond donors (Lipinski definition) is 0. The van der Waals surface area contributed by atoms with Gasteiger partial charge in [-0.3, -0.25) is 4.79 Å². The second kappa shape index (κ2) is 4.45. The van der Waals surface area contributed by atoms with Crippen LogP contribution in [0.25, 0.3) is 0 Å². The van der Waals surface area contributed by atoms with Gasteiger partial charge in [0.1, 0.15) is 6.42 Å². The Morgan fingerprint density at radius 2 is 2.14 bits per heavy atom. The number of carbonyl (C=O) groups is 1. The van der Waals surface area contributed by atoms with Gasteiger partial charge in [-0.05, 0) is 24.7 Å². The molecule has 0 bridgehead atoms. The second-order valence-electron chi connectivity index (χ2n) is 4.11. The summed E-state index contributed by atoms with van der Waals surface area (Å²) in [4.78, 5) is 13.3. The SMILES string of the molecule is CCC1(CC)CCN(C(=O)CC#N)C1. The van der Waals surface area contributed by atoms with Crippen molar-refractivity contribution in [1.29, 1.82) is 5.26 Å². The van der Waals surface area contributed by atoms with E-state index in [-0.39, 0.29) is 12.3 Å². The Morgan fingerprint density at radius 1 is 1.50 bits per heavy atom. The minimum absolute atomic E-state index is 0.00345. The van der Waals surface area contributed by atoms with E-state index < -0.39 is 0 Å². The van der Waals surface area contributed by atoms with Gasteiger partial charge in [0.15, 0.2) is 0 Å². The average molecular weight is 194 g/mol. The van der Waals surface area contributed by atoms with E-state index in [2.05, 4.69) is 13.8 Å². The fourth-order valence-corrected chi connectivity index (χ4v) is 2.15. The van der Waals surface area contributed by atoms with Gasteiger partial charge in [-0.1, -0.05) is 13.8 Å². The lowest BCUT2D eigenvalue weighted by molar-refractivity contribution is -0.129. The van der Waals surface area contributed by atoms with Crippen molar-refractivity contribution in [1.82, 2.24) is 4.90 Å². The van der Waals surface area contributed by atoms with Gasteiger partial charge in [0.05, 0.1) is 6.07 Å². The molecule has 1 aliphatic rings. The van der Waals surface area contributed by atoms with Crippen molar-refractivity contribution in [2.24, 2.45) is 5.41 Å². The summed E-state index contributed by atoms with van der Waals surface area (Å²) in [5, 5.41) is 8.44. The first-order chi connectivity index (χ1) is 6.67. The number of amides is 1. The fraction of sp³-hybridized carbons (Fsp3) is 0.818.